The third-order valence-electron chi connectivity index (χ3n) is 3.83. The molecule has 0 radical (unpaired) electrons. The van der Waals surface area contributed by atoms with Gasteiger partial charge >= 0.3 is 0 Å². The molecule has 1 aliphatic rings. The number of aromatic nitrogens is 3. The molecule has 1 fully saturated rings. The summed E-state index contributed by atoms with van der Waals surface area (Å²) in [5, 5.41) is 11.7. The molecule has 1 unspecified atom stereocenters. The van der Waals surface area contributed by atoms with Crippen LogP contribution in [0, 0.1) is 5.92 Å². The molecule has 1 N–H and O–H groups in total. The molecule has 1 saturated carbocycles. The van der Waals surface area contributed by atoms with Gasteiger partial charge in [-0.3, -0.25) is 0 Å². The van der Waals surface area contributed by atoms with Crippen LogP contribution in [0.5, 0.6) is 0 Å². The van der Waals surface area contributed by atoms with Gasteiger partial charge in [-0.25, -0.2) is 4.68 Å². The molecule has 0 amide bonds. The summed E-state index contributed by atoms with van der Waals surface area (Å²) >= 11 is 0. The van der Waals surface area contributed by atoms with Gasteiger partial charge in [0.1, 0.15) is 0 Å². The smallest absolute Gasteiger partial charge is 0.0756 e. The van der Waals surface area contributed by atoms with Gasteiger partial charge in [-0.05, 0) is 25.8 Å². The Kier molecular flexibility index (Phi) is 4.54. The highest BCUT2D eigenvalue weighted by molar-refractivity contribution is 5.02. The Morgan fingerprint density at radius 2 is 2.24 bits per heavy atom. The first-order valence-electron chi connectivity index (χ1n) is 6.90. The van der Waals surface area contributed by atoms with Crippen LogP contribution in [0.1, 0.15) is 57.2 Å². The molecule has 0 spiro atoms. The Hall–Kier alpha value is -0.900. The summed E-state index contributed by atoms with van der Waals surface area (Å²) in [4.78, 5) is 0. The largest absolute Gasteiger partial charge is 0.312 e. The molecule has 1 atom stereocenters. The summed E-state index contributed by atoms with van der Waals surface area (Å²) in [7, 11) is 2.04. The van der Waals surface area contributed by atoms with Crippen LogP contribution in [0.15, 0.2) is 6.20 Å². The van der Waals surface area contributed by atoms with Crippen molar-refractivity contribution in [1.29, 1.82) is 0 Å². The predicted molar refractivity (Wildman–Crippen MR) is 68.7 cm³/mol. The minimum absolute atomic E-state index is 0.416. The molecule has 0 bridgehead atoms. The molecule has 1 aromatic heterocycles. The lowest BCUT2D eigenvalue weighted by Crippen LogP contribution is -2.22. The van der Waals surface area contributed by atoms with Gasteiger partial charge in [-0.15, -0.1) is 5.10 Å². The van der Waals surface area contributed by atoms with Crippen LogP contribution in [0.2, 0.25) is 0 Å². The van der Waals surface area contributed by atoms with E-state index in [1.165, 1.54) is 37.8 Å². The molecule has 0 aliphatic heterocycles. The van der Waals surface area contributed by atoms with Gasteiger partial charge in [0.25, 0.3) is 0 Å². The highest BCUT2D eigenvalue weighted by Crippen LogP contribution is 2.32. The normalized spacial score (nSPS) is 18.7. The zero-order valence-electron chi connectivity index (χ0n) is 11.0. The zero-order chi connectivity index (χ0) is 12.1. The Morgan fingerprint density at radius 1 is 1.47 bits per heavy atom. The molecule has 1 aromatic rings. The summed E-state index contributed by atoms with van der Waals surface area (Å²) < 4.78 is 2.05. The maximum atomic E-state index is 4.18. The standard InChI is InChI=1S/C13H24N4/c1-3-8-17-13(10-15-16-17)12(14-2)9-11-6-4-5-7-11/h10-12,14H,3-9H2,1-2H3. The van der Waals surface area contributed by atoms with E-state index >= 15 is 0 Å². The average Bonchev–Trinajstić information content (AvgIpc) is 2.97. The minimum atomic E-state index is 0.416. The molecule has 1 aliphatic carbocycles. The number of rotatable bonds is 6. The van der Waals surface area contributed by atoms with Crippen molar-refractivity contribution in [3.05, 3.63) is 11.9 Å². The fourth-order valence-corrected chi connectivity index (χ4v) is 2.89. The van der Waals surface area contributed by atoms with Crippen molar-refractivity contribution in [1.82, 2.24) is 20.3 Å². The molecule has 4 heteroatoms. The average molecular weight is 236 g/mol. The summed E-state index contributed by atoms with van der Waals surface area (Å²) in [6.45, 7) is 3.15. The first-order chi connectivity index (χ1) is 8.35. The van der Waals surface area contributed by atoms with E-state index in [9.17, 15) is 0 Å². The van der Waals surface area contributed by atoms with Gasteiger partial charge < -0.3 is 5.32 Å². The molecule has 4 nitrogen and oxygen atoms in total. The van der Waals surface area contributed by atoms with Gasteiger partial charge in [-0.1, -0.05) is 37.8 Å². The van der Waals surface area contributed by atoms with E-state index in [-0.39, 0.29) is 0 Å². The van der Waals surface area contributed by atoms with Gasteiger partial charge in [-0.2, -0.15) is 0 Å². The highest BCUT2D eigenvalue weighted by Gasteiger charge is 2.22. The van der Waals surface area contributed by atoms with Crippen LogP contribution in [-0.2, 0) is 6.54 Å². The number of nitrogens with zero attached hydrogens (tertiary/aromatic N) is 3. The predicted octanol–water partition coefficient (Wildman–Crippen LogP) is 2.53. The molecular formula is C13H24N4. The van der Waals surface area contributed by atoms with Crippen molar-refractivity contribution in [2.45, 2.75) is 58.0 Å². The lowest BCUT2D eigenvalue weighted by Gasteiger charge is -2.20. The molecule has 17 heavy (non-hydrogen) atoms. The fourth-order valence-electron chi connectivity index (χ4n) is 2.89. The van der Waals surface area contributed by atoms with E-state index in [1.807, 2.05) is 13.2 Å². The third-order valence-corrected chi connectivity index (χ3v) is 3.83. The minimum Gasteiger partial charge on any atom is -0.312 e. The second kappa shape index (κ2) is 6.15. The maximum absolute atomic E-state index is 4.18. The van der Waals surface area contributed by atoms with Gasteiger partial charge in [0.05, 0.1) is 17.9 Å². The number of aryl methyl sites for hydroxylation is 1. The van der Waals surface area contributed by atoms with Gasteiger partial charge in [0.15, 0.2) is 0 Å². The Balaban J connectivity index is 2.02. The molecule has 2 rings (SSSR count). The first kappa shape index (κ1) is 12.6. The molecule has 0 aromatic carbocycles. The lowest BCUT2D eigenvalue weighted by atomic mass is 9.97. The Labute approximate surface area is 104 Å². The lowest BCUT2D eigenvalue weighted by molar-refractivity contribution is 0.389. The van der Waals surface area contributed by atoms with Crippen LogP contribution in [0.4, 0.5) is 0 Å². The van der Waals surface area contributed by atoms with Crippen molar-refractivity contribution in [2.24, 2.45) is 5.92 Å². The van der Waals surface area contributed by atoms with E-state index < -0.39 is 0 Å². The topological polar surface area (TPSA) is 42.7 Å². The monoisotopic (exact) mass is 236 g/mol. The summed E-state index contributed by atoms with van der Waals surface area (Å²) in [5.74, 6) is 0.887. The Bertz CT molecular complexity index is 328. The van der Waals surface area contributed by atoms with Crippen LogP contribution >= 0.6 is 0 Å². The zero-order valence-corrected chi connectivity index (χ0v) is 11.0. The SMILES string of the molecule is CCCn1nncc1C(CC1CCCC1)NC. The van der Waals surface area contributed by atoms with Crippen molar-refractivity contribution in [3.63, 3.8) is 0 Å². The molecule has 96 valence electrons. The summed E-state index contributed by atoms with van der Waals surface area (Å²) in [6.07, 6.45) is 9.87. The van der Waals surface area contributed by atoms with Crippen molar-refractivity contribution in [3.8, 4) is 0 Å². The summed E-state index contributed by atoms with van der Waals surface area (Å²) in [5.41, 5.74) is 1.25. The summed E-state index contributed by atoms with van der Waals surface area (Å²) in [6, 6.07) is 0.416. The van der Waals surface area contributed by atoms with Crippen molar-refractivity contribution in [2.75, 3.05) is 7.05 Å². The molecule has 0 saturated heterocycles. The van der Waals surface area contributed by atoms with E-state index in [2.05, 4.69) is 27.2 Å². The van der Waals surface area contributed by atoms with Crippen LogP contribution in [-0.4, -0.2) is 22.0 Å². The second-order valence-electron chi connectivity index (χ2n) is 5.11. The van der Waals surface area contributed by atoms with Gasteiger partial charge in [0, 0.05) is 6.54 Å². The number of hydrogen-bond donors (Lipinski definition) is 1. The van der Waals surface area contributed by atoms with Crippen molar-refractivity contribution >= 4 is 0 Å². The van der Waals surface area contributed by atoms with Crippen LogP contribution in [0.3, 0.4) is 0 Å². The Morgan fingerprint density at radius 3 is 2.88 bits per heavy atom. The number of hydrogen-bond acceptors (Lipinski definition) is 3. The second-order valence-corrected chi connectivity index (χ2v) is 5.11. The van der Waals surface area contributed by atoms with Gasteiger partial charge in [0.2, 0.25) is 0 Å². The van der Waals surface area contributed by atoms with E-state index in [1.54, 1.807) is 0 Å². The van der Waals surface area contributed by atoms with E-state index in [0.29, 0.717) is 6.04 Å². The quantitative estimate of drug-likeness (QED) is 0.825. The third kappa shape index (κ3) is 3.06. The number of nitrogens with one attached hydrogen (secondary N) is 1. The van der Waals surface area contributed by atoms with Crippen molar-refractivity contribution < 1.29 is 0 Å². The molecular weight excluding hydrogens is 212 g/mol. The maximum Gasteiger partial charge on any atom is 0.0756 e. The first-order valence-corrected chi connectivity index (χ1v) is 6.90. The van der Waals surface area contributed by atoms with E-state index in [4.69, 9.17) is 0 Å². The fraction of sp³-hybridized carbons (Fsp3) is 0.846. The van der Waals surface area contributed by atoms with Crippen LogP contribution < -0.4 is 5.32 Å². The van der Waals surface area contributed by atoms with Crippen LogP contribution in [0.25, 0.3) is 0 Å². The highest BCUT2D eigenvalue weighted by atomic mass is 15.4. The van der Waals surface area contributed by atoms with E-state index in [0.717, 1.165) is 18.9 Å². The molecule has 1 heterocycles.